The third-order valence-corrected chi connectivity index (χ3v) is 3.69. The minimum atomic E-state index is -4.25. The first kappa shape index (κ1) is 10.2. The normalized spacial score (nSPS) is 11.5. The molecular weight excluding hydrogens is 214 g/mol. The van der Waals surface area contributed by atoms with Crippen molar-refractivity contribution >= 4 is 27.4 Å². The van der Waals surface area contributed by atoms with Crippen LogP contribution in [0.1, 0.15) is 5.56 Å². The van der Waals surface area contributed by atoms with Gasteiger partial charge in [-0.25, -0.2) is 0 Å². The molecule has 0 aliphatic carbocycles. The van der Waals surface area contributed by atoms with Crippen LogP contribution < -0.4 is 5.73 Å². The Kier molecular flexibility index (Phi) is 2.69. The third kappa shape index (κ3) is 2.51. The fourth-order valence-corrected chi connectivity index (χ4v) is 2.62. The summed E-state index contributed by atoms with van der Waals surface area (Å²) in [5.74, 6) is -0.886. The molecule has 0 bridgehead atoms. The van der Waals surface area contributed by atoms with Crippen molar-refractivity contribution in [1.82, 2.24) is 5.73 Å². The van der Waals surface area contributed by atoms with Gasteiger partial charge in [0, 0.05) is 0 Å². The predicted octanol–water partition coefficient (Wildman–Crippen LogP) is 0.347. The number of carbonyl (C=O) groups excluding carboxylic acids is 1. The van der Waals surface area contributed by atoms with Gasteiger partial charge in [0.05, 0.1) is 6.42 Å². The second kappa shape index (κ2) is 3.44. The van der Waals surface area contributed by atoms with Crippen LogP contribution in [0.2, 0.25) is 0 Å². The van der Waals surface area contributed by atoms with E-state index in [0.29, 0.717) is 0 Å². The Hall–Kier alpha value is -0.920. The van der Waals surface area contributed by atoms with Gasteiger partial charge < -0.3 is 0 Å². The molecule has 1 radical (unpaired) electrons. The van der Waals surface area contributed by atoms with Crippen LogP contribution in [0.25, 0.3) is 0 Å². The molecule has 13 heavy (non-hydrogen) atoms. The van der Waals surface area contributed by atoms with E-state index in [2.05, 4.69) is 0 Å². The molecule has 1 aromatic heterocycles. The molecule has 1 aromatic rings. The Labute approximate surface area is 78.9 Å². The predicted molar refractivity (Wildman–Crippen MR) is 45.9 cm³/mol. The lowest BCUT2D eigenvalue weighted by molar-refractivity contribution is -0.118. The van der Waals surface area contributed by atoms with Crippen LogP contribution in [0.15, 0.2) is 15.7 Å². The molecule has 0 atom stereocenters. The van der Waals surface area contributed by atoms with Gasteiger partial charge in [0.15, 0.2) is 4.21 Å². The molecule has 0 aliphatic heterocycles. The van der Waals surface area contributed by atoms with E-state index >= 15 is 0 Å². The van der Waals surface area contributed by atoms with Crippen molar-refractivity contribution in [1.29, 1.82) is 0 Å². The number of carbonyl (C=O) groups is 1. The summed E-state index contributed by atoms with van der Waals surface area (Å²) >= 11 is 0.825. The maximum absolute atomic E-state index is 10.7. The van der Waals surface area contributed by atoms with Gasteiger partial charge in [-0.3, -0.25) is 15.1 Å². The molecule has 0 spiro atoms. The second-order valence-corrected chi connectivity index (χ2v) is 4.84. The van der Waals surface area contributed by atoms with Crippen LogP contribution in [0.5, 0.6) is 0 Å². The highest BCUT2D eigenvalue weighted by molar-refractivity contribution is 7.88. The quantitative estimate of drug-likeness (QED) is 0.743. The van der Waals surface area contributed by atoms with Crippen molar-refractivity contribution in [2.75, 3.05) is 0 Å². The Bertz CT molecular complexity index is 420. The highest BCUT2D eigenvalue weighted by atomic mass is 32.3. The molecule has 7 heteroatoms. The summed E-state index contributed by atoms with van der Waals surface area (Å²) in [4.78, 5) is 10.4. The van der Waals surface area contributed by atoms with Crippen molar-refractivity contribution in [2.24, 2.45) is 0 Å². The van der Waals surface area contributed by atoms with E-state index in [4.69, 9.17) is 10.3 Å². The molecule has 1 rings (SSSR count). The van der Waals surface area contributed by atoms with Gasteiger partial charge in [-0.2, -0.15) is 8.42 Å². The molecule has 5 nitrogen and oxygen atoms in total. The van der Waals surface area contributed by atoms with Gasteiger partial charge >= 0.3 is 10.1 Å². The molecule has 1 heterocycles. The third-order valence-electron chi connectivity index (χ3n) is 1.29. The Morgan fingerprint density at radius 2 is 2.23 bits per heavy atom. The fourth-order valence-electron chi connectivity index (χ4n) is 0.852. The van der Waals surface area contributed by atoms with Crippen LogP contribution >= 0.6 is 11.3 Å². The SMILES string of the molecule is [NH]C(=O)Cc1ccsc1S(=O)(=O)O. The molecule has 0 saturated carbocycles. The summed E-state index contributed by atoms with van der Waals surface area (Å²) < 4.78 is 29.8. The smallest absolute Gasteiger partial charge is 0.281 e. The fraction of sp³-hybridized carbons (Fsp3) is 0.167. The largest absolute Gasteiger partial charge is 0.304 e. The minimum absolute atomic E-state index is 0.174. The highest BCUT2D eigenvalue weighted by Gasteiger charge is 2.17. The zero-order valence-electron chi connectivity index (χ0n) is 6.35. The van der Waals surface area contributed by atoms with E-state index in [1.807, 2.05) is 0 Å². The molecule has 71 valence electrons. The highest BCUT2D eigenvalue weighted by Crippen LogP contribution is 2.22. The number of rotatable bonds is 3. The molecular formula is C6H6NO4S2. The van der Waals surface area contributed by atoms with E-state index in [1.54, 1.807) is 0 Å². The van der Waals surface area contributed by atoms with E-state index in [-0.39, 0.29) is 16.2 Å². The summed E-state index contributed by atoms with van der Waals surface area (Å²) in [5.41, 5.74) is 6.82. The monoisotopic (exact) mass is 220 g/mol. The summed E-state index contributed by atoms with van der Waals surface area (Å²) in [7, 11) is -4.25. The van der Waals surface area contributed by atoms with E-state index < -0.39 is 16.0 Å². The minimum Gasteiger partial charge on any atom is -0.281 e. The molecule has 0 unspecified atom stereocenters. The van der Waals surface area contributed by atoms with Crippen LogP contribution in [0, 0.1) is 0 Å². The van der Waals surface area contributed by atoms with E-state index in [1.165, 1.54) is 11.4 Å². The van der Waals surface area contributed by atoms with Crippen molar-refractivity contribution in [3.63, 3.8) is 0 Å². The van der Waals surface area contributed by atoms with Gasteiger partial charge in [-0.05, 0) is 17.0 Å². The van der Waals surface area contributed by atoms with Crippen LogP contribution in [-0.4, -0.2) is 18.9 Å². The first-order chi connectivity index (χ1) is 5.91. The lowest BCUT2D eigenvalue weighted by Gasteiger charge is -1.96. The number of thiophene rings is 1. The molecule has 0 saturated heterocycles. The molecule has 0 fully saturated rings. The zero-order valence-corrected chi connectivity index (χ0v) is 7.98. The molecule has 0 aliphatic rings. The summed E-state index contributed by atoms with van der Waals surface area (Å²) in [6.07, 6.45) is -0.293. The van der Waals surface area contributed by atoms with Gasteiger partial charge in [0.2, 0.25) is 5.91 Å². The van der Waals surface area contributed by atoms with Crippen molar-refractivity contribution in [3.05, 3.63) is 17.0 Å². The second-order valence-electron chi connectivity index (χ2n) is 2.31. The maximum atomic E-state index is 10.7. The van der Waals surface area contributed by atoms with Crippen LogP contribution in [0.3, 0.4) is 0 Å². The number of amides is 1. The lowest BCUT2D eigenvalue weighted by atomic mass is 10.2. The molecule has 0 aromatic carbocycles. The van der Waals surface area contributed by atoms with Crippen molar-refractivity contribution in [2.45, 2.75) is 10.6 Å². The number of hydrogen-bond donors (Lipinski definition) is 1. The first-order valence-electron chi connectivity index (χ1n) is 3.19. The van der Waals surface area contributed by atoms with Crippen LogP contribution in [-0.2, 0) is 21.3 Å². The van der Waals surface area contributed by atoms with Gasteiger partial charge in [-0.1, -0.05) is 0 Å². The summed E-state index contributed by atoms with van der Waals surface area (Å²) in [6, 6.07) is 1.40. The Morgan fingerprint density at radius 3 is 2.69 bits per heavy atom. The van der Waals surface area contributed by atoms with E-state index in [9.17, 15) is 13.2 Å². The number of nitrogens with one attached hydrogen (secondary N) is 1. The summed E-state index contributed by atoms with van der Waals surface area (Å²) in [5, 5.41) is 1.45. The Balaban J connectivity index is 3.11. The van der Waals surface area contributed by atoms with Crippen molar-refractivity contribution in [3.8, 4) is 0 Å². The average molecular weight is 220 g/mol. The van der Waals surface area contributed by atoms with E-state index in [0.717, 1.165) is 11.3 Å². The maximum Gasteiger partial charge on any atom is 0.304 e. The van der Waals surface area contributed by atoms with Crippen LogP contribution in [0.4, 0.5) is 0 Å². The van der Waals surface area contributed by atoms with Gasteiger partial charge in [0.25, 0.3) is 0 Å². The standard InChI is InChI=1S/C6H6NO4S2/c7-5(8)3-4-1-2-12-6(4)13(9,10)11/h1-2,7H,3H2,(H,9,10,11). The molecule has 1 amide bonds. The van der Waals surface area contributed by atoms with Gasteiger partial charge in [0.1, 0.15) is 0 Å². The first-order valence-corrected chi connectivity index (χ1v) is 5.51. The lowest BCUT2D eigenvalue weighted by Crippen LogP contribution is -2.06. The van der Waals surface area contributed by atoms with Crippen molar-refractivity contribution < 1.29 is 17.8 Å². The van der Waals surface area contributed by atoms with Gasteiger partial charge in [-0.15, -0.1) is 11.3 Å². The number of hydrogen-bond acceptors (Lipinski definition) is 4. The molecule has 2 N–H and O–H groups in total. The average Bonchev–Trinajstić information content (AvgIpc) is 2.31. The Morgan fingerprint density at radius 1 is 1.62 bits per heavy atom. The zero-order chi connectivity index (χ0) is 10.1. The topological polar surface area (TPSA) is 95.2 Å². The summed E-state index contributed by atoms with van der Waals surface area (Å²) in [6.45, 7) is 0.